The van der Waals surface area contributed by atoms with Crippen molar-refractivity contribution >= 4 is 98.8 Å². The summed E-state index contributed by atoms with van der Waals surface area (Å²) in [5.74, 6) is 0. The molecule has 0 atom stereocenters. The highest BCUT2D eigenvalue weighted by molar-refractivity contribution is 6.02. The SMILES string of the molecule is c1ccc2cc(N(c3ccc(-c4ccc5cc6cc(-c7ccc(N(c8ccc9ccccc9c8)c8ccc9ccccc9c8)cc7)ccc6cc5c4)cc3)c3ccc4ccccc4c3)ccc2c1. The van der Waals surface area contributed by atoms with Crippen LogP contribution in [-0.2, 0) is 0 Å². The van der Waals surface area contributed by atoms with Crippen molar-refractivity contribution < 1.29 is 0 Å². The predicted octanol–water partition coefficient (Wildman–Crippen LogP) is 18.9. The van der Waals surface area contributed by atoms with Crippen molar-refractivity contribution in [1.82, 2.24) is 0 Å². The smallest absolute Gasteiger partial charge is 0.0468 e. The Morgan fingerprint density at radius 2 is 0.382 bits per heavy atom. The predicted molar refractivity (Wildman–Crippen MR) is 292 cm³/mol. The first kappa shape index (κ1) is 39.4. The lowest BCUT2D eigenvalue weighted by Gasteiger charge is -2.26. The van der Waals surface area contributed by atoms with Crippen molar-refractivity contribution in [3.63, 3.8) is 0 Å². The van der Waals surface area contributed by atoms with Crippen LogP contribution in [0.25, 0.3) is 86.9 Å². The van der Waals surface area contributed by atoms with E-state index in [1.165, 1.54) is 86.9 Å². The largest absolute Gasteiger partial charge is 0.310 e. The molecule has 0 fully saturated rings. The quantitative estimate of drug-likeness (QED) is 0.140. The van der Waals surface area contributed by atoms with Crippen molar-refractivity contribution in [1.29, 1.82) is 0 Å². The highest BCUT2D eigenvalue weighted by Gasteiger charge is 2.17. The van der Waals surface area contributed by atoms with Gasteiger partial charge in [-0.2, -0.15) is 0 Å². The second-order valence-electron chi connectivity index (χ2n) is 17.9. The maximum Gasteiger partial charge on any atom is 0.0468 e. The molecule has 0 aromatic heterocycles. The normalized spacial score (nSPS) is 11.5. The standard InChI is InChI=1S/C66H44N2/c1-5-13-51-41-63(33-25-45(51)9-1)67(64-34-26-46-10-2-6-14-52(46)42-64)61-29-21-49(22-30-61)55-17-19-57-40-60-38-56(18-20-58(60)39-59(57)37-55)50-23-31-62(32-24-50)68(65-35-27-47-11-3-7-15-53(47)43-65)66-36-28-48-12-4-8-16-54(48)44-66/h1-44H. The van der Waals surface area contributed by atoms with Gasteiger partial charge in [0.2, 0.25) is 0 Å². The number of rotatable bonds is 8. The van der Waals surface area contributed by atoms with Crippen molar-refractivity contribution in [3.05, 3.63) is 267 Å². The third-order valence-corrected chi connectivity index (χ3v) is 13.7. The van der Waals surface area contributed by atoms with Crippen molar-refractivity contribution in [2.75, 3.05) is 9.80 Å². The Balaban J connectivity index is 0.802. The Morgan fingerprint density at radius 1 is 0.147 bits per heavy atom. The minimum absolute atomic E-state index is 1.11. The summed E-state index contributed by atoms with van der Waals surface area (Å²) in [7, 11) is 0. The van der Waals surface area contributed by atoms with Crippen LogP contribution in [0.5, 0.6) is 0 Å². The molecule has 0 saturated carbocycles. The van der Waals surface area contributed by atoms with Crippen LogP contribution in [0.2, 0.25) is 0 Å². The van der Waals surface area contributed by atoms with E-state index in [2.05, 4.69) is 277 Å². The zero-order valence-corrected chi connectivity index (χ0v) is 37.3. The third kappa shape index (κ3) is 7.26. The van der Waals surface area contributed by atoms with Gasteiger partial charge in [0.15, 0.2) is 0 Å². The molecule has 13 aromatic carbocycles. The van der Waals surface area contributed by atoms with Crippen LogP contribution < -0.4 is 9.80 Å². The molecule has 318 valence electrons. The molecule has 0 heterocycles. The number of hydrogen-bond acceptors (Lipinski definition) is 2. The average molecular weight is 865 g/mol. The van der Waals surface area contributed by atoms with Gasteiger partial charge in [-0.15, -0.1) is 0 Å². The molecule has 0 saturated heterocycles. The molecule has 0 amide bonds. The molecule has 2 heteroatoms. The van der Waals surface area contributed by atoms with Crippen LogP contribution in [0.3, 0.4) is 0 Å². The zero-order valence-electron chi connectivity index (χ0n) is 37.3. The van der Waals surface area contributed by atoms with E-state index in [0.717, 1.165) is 34.1 Å². The van der Waals surface area contributed by atoms with Gasteiger partial charge in [0, 0.05) is 34.1 Å². The van der Waals surface area contributed by atoms with Gasteiger partial charge >= 0.3 is 0 Å². The molecule has 0 N–H and O–H groups in total. The second kappa shape index (κ2) is 16.5. The summed E-state index contributed by atoms with van der Waals surface area (Å²) >= 11 is 0. The second-order valence-corrected chi connectivity index (χ2v) is 17.9. The molecule has 0 bridgehead atoms. The first-order valence-corrected chi connectivity index (χ1v) is 23.4. The number of fused-ring (bicyclic) bond motifs is 6. The van der Waals surface area contributed by atoms with E-state index in [4.69, 9.17) is 0 Å². The first-order chi connectivity index (χ1) is 33.6. The van der Waals surface area contributed by atoms with Gasteiger partial charge in [-0.25, -0.2) is 0 Å². The molecular weight excluding hydrogens is 821 g/mol. The van der Waals surface area contributed by atoms with E-state index in [-0.39, 0.29) is 0 Å². The molecule has 0 radical (unpaired) electrons. The fourth-order valence-corrected chi connectivity index (χ4v) is 10.1. The van der Waals surface area contributed by atoms with Gasteiger partial charge in [-0.1, -0.05) is 170 Å². The van der Waals surface area contributed by atoms with Crippen molar-refractivity contribution in [3.8, 4) is 22.3 Å². The van der Waals surface area contributed by atoms with Gasteiger partial charge in [-0.3, -0.25) is 0 Å². The summed E-state index contributed by atoms with van der Waals surface area (Å²) < 4.78 is 0. The minimum Gasteiger partial charge on any atom is -0.310 e. The minimum atomic E-state index is 1.11. The lowest BCUT2D eigenvalue weighted by atomic mass is 9.96. The monoisotopic (exact) mass is 864 g/mol. The van der Waals surface area contributed by atoms with Crippen LogP contribution >= 0.6 is 0 Å². The van der Waals surface area contributed by atoms with E-state index in [1.807, 2.05) is 0 Å². The van der Waals surface area contributed by atoms with Gasteiger partial charge in [-0.05, 0) is 184 Å². The molecule has 0 unspecified atom stereocenters. The Hall–Kier alpha value is -8.98. The topological polar surface area (TPSA) is 6.48 Å². The van der Waals surface area contributed by atoms with E-state index in [0.29, 0.717) is 0 Å². The molecule has 13 aromatic rings. The van der Waals surface area contributed by atoms with Crippen LogP contribution in [0, 0.1) is 0 Å². The summed E-state index contributed by atoms with van der Waals surface area (Å²) in [6, 6.07) is 97.7. The number of benzene rings is 13. The Labute approximate surface area is 395 Å². The maximum absolute atomic E-state index is 2.37. The maximum atomic E-state index is 2.37. The van der Waals surface area contributed by atoms with Crippen molar-refractivity contribution in [2.24, 2.45) is 0 Å². The number of nitrogens with zero attached hydrogens (tertiary/aromatic N) is 2. The van der Waals surface area contributed by atoms with Gasteiger partial charge in [0.1, 0.15) is 0 Å². The summed E-state index contributed by atoms with van der Waals surface area (Å²) in [4.78, 5) is 4.73. The lowest BCUT2D eigenvalue weighted by Crippen LogP contribution is -2.09. The fourth-order valence-electron chi connectivity index (χ4n) is 10.1. The average Bonchev–Trinajstić information content (AvgIpc) is 3.40. The van der Waals surface area contributed by atoms with Gasteiger partial charge < -0.3 is 9.80 Å². The number of hydrogen-bond donors (Lipinski definition) is 0. The third-order valence-electron chi connectivity index (χ3n) is 13.7. The van der Waals surface area contributed by atoms with E-state index < -0.39 is 0 Å². The summed E-state index contributed by atoms with van der Waals surface area (Å²) in [6.07, 6.45) is 0. The summed E-state index contributed by atoms with van der Waals surface area (Å²) in [5, 5.41) is 14.7. The molecule has 2 nitrogen and oxygen atoms in total. The van der Waals surface area contributed by atoms with Gasteiger partial charge in [0.25, 0.3) is 0 Å². The molecular formula is C66H44N2. The van der Waals surface area contributed by atoms with Crippen LogP contribution in [-0.4, -0.2) is 0 Å². The van der Waals surface area contributed by atoms with E-state index >= 15 is 0 Å². The van der Waals surface area contributed by atoms with Gasteiger partial charge in [0.05, 0.1) is 0 Å². The summed E-state index contributed by atoms with van der Waals surface area (Å²) in [6.45, 7) is 0. The van der Waals surface area contributed by atoms with Crippen molar-refractivity contribution in [2.45, 2.75) is 0 Å². The van der Waals surface area contributed by atoms with Crippen LogP contribution in [0.4, 0.5) is 34.1 Å². The highest BCUT2D eigenvalue weighted by atomic mass is 15.1. The molecule has 68 heavy (non-hydrogen) atoms. The molecule has 0 spiro atoms. The molecule has 0 aliphatic heterocycles. The molecule has 0 aliphatic carbocycles. The van der Waals surface area contributed by atoms with Crippen LogP contribution in [0.1, 0.15) is 0 Å². The Kier molecular flexibility index (Phi) is 9.54. The molecule has 13 rings (SSSR count). The molecule has 0 aliphatic rings. The van der Waals surface area contributed by atoms with E-state index in [9.17, 15) is 0 Å². The Bertz CT molecular complexity index is 3610. The Morgan fingerprint density at radius 3 is 0.691 bits per heavy atom. The highest BCUT2D eigenvalue weighted by Crippen LogP contribution is 2.41. The fraction of sp³-hybridized carbons (Fsp3) is 0. The van der Waals surface area contributed by atoms with Crippen LogP contribution in [0.15, 0.2) is 267 Å². The number of anilines is 6. The lowest BCUT2D eigenvalue weighted by molar-refractivity contribution is 1.29. The summed E-state index contributed by atoms with van der Waals surface area (Å²) in [5.41, 5.74) is 11.5. The zero-order chi connectivity index (χ0) is 45.0. The first-order valence-electron chi connectivity index (χ1n) is 23.4. The van der Waals surface area contributed by atoms with E-state index in [1.54, 1.807) is 0 Å².